The number of carboxylic acid groups (broad SMARTS) is 1. The molecule has 0 aliphatic carbocycles. The molecule has 0 amide bonds. The van der Waals surface area contributed by atoms with Crippen molar-refractivity contribution in [1.29, 1.82) is 0 Å². The lowest BCUT2D eigenvalue weighted by molar-refractivity contribution is -0.138. The second kappa shape index (κ2) is 8.63. The van der Waals surface area contributed by atoms with Crippen molar-refractivity contribution in [1.82, 2.24) is 5.32 Å². The van der Waals surface area contributed by atoms with E-state index in [-0.39, 0.29) is 0 Å². The van der Waals surface area contributed by atoms with Crippen molar-refractivity contribution in [2.24, 2.45) is 0 Å². The van der Waals surface area contributed by atoms with Crippen LogP contribution in [0.4, 0.5) is 0 Å². The molecule has 1 unspecified atom stereocenters. The van der Waals surface area contributed by atoms with Gasteiger partial charge >= 0.3 is 5.97 Å². The zero-order chi connectivity index (χ0) is 14.1. The number of benzene rings is 1. The van der Waals surface area contributed by atoms with Crippen molar-refractivity contribution < 1.29 is 9.90 Å². The van der Waals surface area contributed by atoms with Crippen LogP contribution in [0.15, 0.2) is 24.3 Å². The highest BCUT2D eigenvalue weighted by Crippen LogP contribution is 2.15. The highest BCUT2D eigenvalue weighted by Gasteiger charge is 2.12. The molecular weight excluding hydrogens is 258 g/mol. The van der Waals surface area contributed by atoms with E-state index in [4.69, 9.17) is 11.5 Å². The highest BCUT2D eigenvalue weighted by atomic mass is 32.2. The Hall–Kier alpha value is -1.44. The third-order valence-corrected chi connectivity index (χ3v) is 3.65. The maximum Gasteiger partial charge on any atom is 0.310 e. The number of terminal acetylenes is 1. The number of carboxylic acids is 1. The van der Waals surface area contributed by atoms with Crippen LogP contribution in [0, 0.1) is 12.3 Å². The highest BCUT2D eigenvalue weighted by molar-refractivity contribution is 7.99. The molecule has 1 aromatic carbocycles. The van der Waals surface area contributed by atoms with E-state index in [0.717, 1.165) is 35.7 Å². The molecule has 0 saturated heterocycles. The van der Waals surface area contributed by atoms with Crippen molar-refractivity contribution >= 4 is 17.7 Å². The molecule has 4 heteroatoms. The quantitative estimate of drug-likeness (QED) is 0.565. The first-order valence-corrected chi connectivity index (χ1v) is 7.34. The molecule has 1 rings (SSSR count). The normalized spacial score (nSPS) is 11.8. The van der Waals surface area contributed by atoms with Crippen LogP contribution in [-0.2, 0) is 11.3 Å². The molecule has 0 aromatic heterocycles. The van der Waals surface area contributed by atoms with E-state index in [2.05, 4.69) is 11.2 Å². The van der Waals surface area contributed by atoms with Crippen LogP contribution in [-0.4, -0.2) is 29.1 Å². The van der Waals surface area contributed by atoms with Gasteiger partial charge in [-0.05, 0) is 18.1 Å². The van der Waals surface area contributed by atoms with Gasteiger partial charge in [-0.2, -0.15) is 0 Å². The van der Waals surface area contributed by atoms with Gasteiger partial charge in [-0.1, -0.05) is 30.2 Å². The lowest BCUT2D eigenvalue weighted by Gasteiger charge is -2.08. The van der Waals surface area contributed by atoms with Crippen LogP contribution < -0.4 is 5.32 Å². The fourth-order valence-corrected chi connectivity index (χ4v) is 2.13. The molecule has 2 N–H and O–H groups in total. The molecule has 0 saturated carbocycles. The van der Waals surface area contributed by atoms with Gasteiger partial charge in [0.05, 0.1) is 11.7 Å². The fraction of sp³-hybridized carbons (Fsp3) is 0.400. The Labute approximate surface area is 118 Å². The second-order valence-electron chi connectivity index (χ2n) is 4.23. The molecule has 0 radical (unpaired) electrons. The van der Waals surface area contributed by atoms with E-state index in [1.165, 1.54) is 0 Å². The van der Waals surface area contributed by atoms with Gasteiger partial charge in [0.15, 0.2) is 0 Å². The first-order valence-electron chi connectivity index (χ1n) is 6.18. The van der Waals surface area contributed by atoms with Gasteiger partial charge in [-0.3, -0.25) is 4.79 Å². The van der Waals surface area contributed by atoms with Crippen LogP contribution in [0.5, 0.6) is 0 Å². The van der Waals surface area contributed by atoms with Crippen LogP contribution >= 0.6 is 11.8 Å². The van der Waals surface area contributed by atoms with Crippen molar-refractivity contribution in [2.45, 2.75) is 19.4 Å². The molecule has 0 aliphatic heterocycles. The Morgan fingerprint density at radius 3 is 2.74 bits per heavy atom. The largest absolute Gasteiger partial charge is 0.481 e. The van der Waals surface area contributed by atoms with Gasteiger partial charge in [-0.15, -0.1) is 18.2 Å². The van der Waals surface area contributed by atoms with Crippen LogP contribution in [0.25, 0.3) is 0 Å². The summed E-state index contributed by atoms with van der Waals surface area (Å²) < 4.78 is 0. The molecule has 0 fully saturated rings. The van der Waals surface area contributed by atoms with Gasteiger partial charge in [0.2, 0.25) is 0 Å². The van der Waals surface area contributed by atoms with E-state index in [1.54, 1.807) is 18.7 Å². The number of rotatable bonds is 8. The van der Waals surface area contributed by atoms with Gasteiger partial charge in [0.1, 0.15) is 0 Å². The lowest BCUT2D eigenvalue weighted by Crippen LogP contribution is -2.16. The minimum absolute atomic E-state index is 0.456. The van der Waals surface area contributed by atoms with E-state index in [9.17, 15) is 4.79 Å². The van der Waals surface area contributed by atoms with E-state index in [0.29, 0.717) is 0 Å². The van der Waals surface area contributed by atoms with E-state index >= 15 is 0 Å². The summed E-state index contributed by atoms with van der Waals surface area (Å²) in [7, 11) is 0. The Balaban J connectivity index is 2.33. The van der Waals surface area contributed by atoms with Gasteiger partial charge in [0.25, 0.3) is 0 Å². The van der Waals surface area contributed by atoms with Crippen molar-refractivity contribution in [3.8, 4) is 12.3 Å². The zero-order valence-electron chi connectivity index (χ0n) is 11.1. The summed E-state index contributed by atoms with van der Waals surface area (Å²) in [4.78, 5) is 10.9. The van der Waals surface area contributed by atoms with Gasteiger partial charge in [-0.25, -0.2) is 0 Å². The Kier molecular flexibility index (Phi) is 7.09. The SMILES string of the molecule is C#CCSCCNCc1ccc(C(C)C(=O)O)cc1. The summed E-state index contributed by atoms with van der Waals surface area (Å²) in [6, 6.07) is 7.69. The third kappa shape index (κ3) is 5.82. The number of nitrogens with one attached hydrogen (secondary N) is 1. The topological polar surface area (TPSA) is 49.3 Å². The average molecular weight is 277 g/mol. The number of carbonyl (C=O) groups is 1. The smallest absolute Gasteiger partial charge is 0.310 e. The van der Waals surface area contributed by atoms with E-state index < -0.39 is 11.9 Å². The van der Waals surface area contributed by atoms with Crippen molar-refractivity contribution in [2.75, 3.05) is 18.1 Å². The van der Waals surface area contributed by atoms with Crippen molar-refractivity contribution in [3.63, 3.8) is 0 Å². The van der Waals surface area contributed by atoms with Crippen LogP contribution in [0.1, 0.15) is 24.0 Å². The monoisotopic (exact) mass is 277 g/mol. The predicted molar refractivity (Wildman–Crippen MR) is 80.4 cm³/mol. The average Bonchev–Trinajstić information content (AvgIpc) is 2.42. The number of hydrogen-bond donors (Lipinski definition) is 2. The van der Waals surface area contributed by atoms with Crippen LogP contribution in [0.3, 0.4) is 0 Å². The standard InChI is InChI=1S/C15H19NO2S/c1-3-9-19-10-8-16-11-13-4-6-14(7-5-13)12(2)15(17)18/h1,4-7,12,16H,8-11H2,2H3,(H,17,18). The molecule has 0 aliphatic rings. The summed E-state index contributed by atoms with van der Waals surface area (Å²) in [6.07, 6.45) is 5.16. The summed E-state index contributed by atoms with van der Waals surface area (Å²) in [5.74, 6) is 3.09. The summed E-state index contributed by atoms with van der Waals surface area (Å²) in [6.45, 7) is 3.40. The summed E-state index contributed by atoms with van der Waals surface area (Å²) in [5.41, 5.74) is 1.99. The lowest BCUT2D eigenvalue weighted by atomic mass is 10.0. The third-order valence-electron chi connectivity index (χ3n) is 2.79. The summed E-state index contributed by atoms with van der Waals surface area (Å²) in [5, 5.41) is 12.2. The first-order chi connectivity index (χ1) is 9.15. The fourth-order valence-electron chi connectivity index (χ4n) is 1.57. The molecule has 0 heterocycles. The number of aliphatic carboxylic acids is 1. The molecule has 19 heavy (non-hydrogen) atoms. The van der Waals surface area contributed by atoms with Gasteiger partial charge < -0.3 is 10.4 Å². The van der Waals surface area contributed by atoms with E-state index in [1.807, 2.05) is 24.3 Å². The molecule has 0 bridgehead atoms. The minimum Gasteiger partial charge on any atom is -0.481 e. The van der Waals surface area contributed by atoms with Crippen molar-refractivity contribution in [3.05, 3.63) is 35.4 Å². The Bertz CT molecular complexity index is 436. The maximum absolute atomic E-state index is 10.9. The first kappa shape index (κ1) is 15.6. The molecule has 0 spiro atoms. The predicted octanol–water partition coefficient (Wildman–Crippen LogP) is 2.33. The number of hydrogen-bond acceptors (Lipinski definition) is 3. The molecular formula is C15H19NO2S. The Morgan fingerprint density at radius 2 is 2.16 bits per heavy atom. The zero-order valence-corrected chi connectivity index (χ0v) is 11.9. The van der Waals surface area contributed by atoms with Gasteiger partial charge in [0, 0.05) is 18.8 Å². The maximum atomic E-state index is 10.9. The van der Waals surface area contributed by atoms with Crippen LogP contribution in [0.2, 0.25) is 0 Å². The molecule has 102 valence electrons. The summed E-state index contributed by atoms with van der Waals surface area (Å²) >= 11 is 1.73. The minimum atomic E-state index is -0.795. The molecule has 1 aromatic rings. The molecule has 3 nitrogen and oxygen atoms in total. The number of thioether (sulfide) groups is 1. The molecule has 1 atom stereocenters. The Morgan fingerprint density at radius 1 is 1.47 bits per heavy atom. The second-order valence-corrected chi connectivity index (χ2v) is 5.34.